The fourth-order valence-corrected chi connectivity index (χ4v) is 6.33. The molecule has 2 saturated heterocycles. The third-order valence-corrected chi connectivity index (χ3v) is 8.64. The number of carbonyl (C=O) groups is 2. The van der Waals surface area contributed by atoms with Crippen LogP contribution in [-0.4, -0.2) is 61.7 Å². The van der Waals surface area contributed by atoms with E-state index in [9.17, 15) is 18.0 Å². The molecule has 176 valence electrons. The number of rotatable bonds is 4. The Kier molecular flexibility index (Phi) is 6.42. The lowest BCUT2D eigenvalue weighted by molar-refractivity contribution is -0.138. The van der Waals surface area contributed by atoms with Crippen LogP contribution < -0.4 is 4.90 Å². The largest absolute Gasteiger partial charge is 0.368 e. The topological polar surface area (TPSA) is 78.0 Å². The third-order valence-electron chi connectivity index (χ3n) is 6.58. The lowest BCUT2D eigenvalue weighted by atomic mass is 10.1. The van der Waals surface area contributed by atoms with Gasteiger partial charge < -0.3 is 9.80 Å². The van der Waals surface area contributed by atoms with E-state index in [2.05, 4.69) is 4.90 Å². The molecule has 2 aliphatic heterocycles. The van der Waals surface area contributed by atoms with Crippen molar-refractivity contribution in [2.45, 2.75) is 44.6 Å². The number of anilines is 1. The van der Waals surface area contributed by atoms with Crippen LogP contribution in [0.1, 0.15) is 29.5 Å². The molecule has 0 N–H and O–H groups in total. The van der Waals surface area contributed by atoms with Crippen LogP contribution in [0.25, 0.3) is 0 Å². The van der Waals surface area contributed by atoms with Gasteiger partial charge in [-0.15, -0.1) is 0 Å². The number of benzene rings is 2. The van der Waals surface area contributed by atoms with Crippen LogP contribution in [-0.2, 0) is 19.6 Å². The summed E-state index contributed by atoms with van der Waals surface area (Å²) in [7, 11) is -4.11. The molecule has 7 nitrogen and oxygen atoms in total. The molecular weight excluding hydrogens is 462 g/mol. The second kappa shape index (κ2) is 8.99. The van der Waals surface area contributed by atoms with Crippen LogP contribution in [0.5, 0.6) is 0 Å². The van der Waals surface area contributed by atoms with Crippen LogP contribution in [0.2, 0.25) is 5.02 Å². The monoisotopic (exact) mass is 489 g/mol. The number of aryl methyl sites for hydroxylation is 3. The molecule has 0 radical (unpaired) electrons. The zero-order valence-electron chi connectivity index (χ0n) is 19.0. The highest BCUT2D eigenvalue weighted by Crippen LogP contribution is 2.30. The summed E-state index contributed by atoms with van der Waals surface area (Å²) >= 11 is 6.16. The van der Waals surface area contributed by atoms with Gasteiger partial charge in [0, 0.05) is 43.3 Å². The van der Waals surface area contributed by atoms with Gasteiger partial charge >= 0.3 is 0 Å². The zero-order chi connectivity index (χ0) is 23.9. The van der Waals surface area contributed by atoms with Crippen molar-refractivity contribution < 1.29 is 18.0 Å². The van der Waals surface area contributed by atoms with Gasteiger partial charge in [0.2, 0.25) is 11.8 Å². The Bertz CT molecular complexity index is 1210. The maximum absolute atomic E-state index is 13.3. The number of carbonyl (C=O) groups excluding carboxylic acids is 2. The first kappa shape index (κ1) is 23.6. The van der Waals surface area contributed by atoms with Gasteiger partial charge in [-0.3, -0.25) is 9.59 Å². The standard InChI is InChI=1S/C24H28ClN3O4S/c1-16-5-7-20(14-18(16)3)33(31,32)28-21(8-9-23(28)29)24(30)27-12-10-26(11-13-27)22-15-19(25)6-4-17(22)2/h4-7,14-15,21H,8-13H2,1-3H3/t21-/m1/s1. The van der Waals surface area contributed by atoms with E-state index in [0.717, 1.165) is 26.7 Å². The third kappa shape index (κ3) is 4.46. The Morgan fingerprint density at radius 3 is 2.27 bits per heavy atom. The van der Waals surface area contributed by atoms with Crippen LogP contribution in [0.15, 0.2) is 41.3 Å². The van der Waals surface area contributed by atoms with Crippen LogP contribution in [0.4, 0.5) is 5.69 Å². The molecule has 2 heterocycles. The SMILES string of the molecule is Cc1ccc(S(=O)(=O)N2C(=O)CC[C@@H]2C(=O)N2CCN(c3cc(Cl)ccc3C)CC2)cc1C. The first-order valence-electron chi connectivity index (χ1n) is 11.0. The van der Waals surface area contributed by atoms with E-state index in [0.29, 0.717) is 31.2 Å². The molecule has 2 amide bonds. The minimum Gasteiger partial charge on any atom is -0.368 e. The van der Waals surface area contributed by atoms with Gasteiger partial charge in [0.25, 0.3) is 10.0 Å². The molecule has 4 rings (SSSR count). The molecule has 0 unspecified atom stereocenters. The number of hydrogen-bond donors (Lipinski definition) is 0. The maximum atomic E-state index is 13.3. The van der Waals surface area contributed by atoms with Crippen molar-refractivity contribution in [3.8, 4) is 0 Å². The summed E-state index contributed by atoms with van der Waals surface area (Å²) in [6, 6.07) is 9.51. The van der Waals surface area contributed by atoms with Crippen molar-refractivity contribution in [1.29, 1.82) is 0 Å². The predicted octanol–water partition coefficient (Wildman–Crippen LogP) is 3.29. The van der Waals surface area contributed by atoms with Crippen molar-refractivity contribution in [3.63, 3.8) is 0 Å². The molecule has 0 spiro atoms. The Morgan fingerprint density at radius 2 is 1.61 bits per heavy atom. The van der Waals surface area contributed by atoms with Crippen molar-refractivity contribution in [3.05, 3.63) is 58.1 Å². The van der Waals surface area contributed by atoms with Gasteiger partial charge in [0.1, 0.15) is 6.04 Å². The summed E-state index contributed by atoms with van der Waals surface area (Å²) in [5.41, 5.74) is 3.91. The molecule has 0 saturated carbocycles. The molecule has 9 heteroatoms. The highest BCUT2D eigenvalue weighted by Gasteiger charge is 2.46. The molecular formula is C24H28ClN3O4S. The lowest BCUT2D eigenvalue weighted by Gasteiger charge is -2.38. The fourth-order valence-electron chi connectivity index (χ4n) is 4.48. The van der Waals surface area contributed by atoms with Crippen molar-refractivity contribution in [2.75, 3.05) is 31.1 Å². The van der Waals surface area contributed by atoms with Crippen LogP contribution in [0, 0.1) is 20.8 Å². The smallest absolute Gasteiger partial charge is 0.267 e. The molecule has 2 aliphatic rings. The Hall–Kier alpha value is -2.58. The van der Waals surface area contributed by atoms with Crippen molar-refractivity contribution in [1.82, 2.24) is 9.21 Å². The average molecular weight is 490 g/mol. The highest BCUT2D eigenvalue weighted by molar-refractivity contribution is 7.89. The summed E-state index contributed by atoms with van der Waals surface area (Å²) < 4.78 is 27.5. The summed E-state index contributed by atoms with van der Waals surface area (Å²) in [5, 5.41) is 0.658. The summed E-state index contributed by atoms with van der Waals surface area (Å²) in [5.74, 6) is -0.838. The summed E-state index contributed by atoms with van der Waals surface area (Å²) in [6.07, 6.45) is 0.248. The average Bonchev–Trinajstić information content (AvgIpc) is 3.19. The van der Waals surface area contributed by atoms with Crippen molar-refractivity contribution in [2.24, 2.45) is 0 Å². The Morgan fingerprint density at radius 1 is 0.939 bits per heavy atom. The summed E-state index contributed by atoms with van der Waals surface area (Å²) in [4.78, 5) is 29.8. The van der Waals surface area contributed by atoms with Gasteiger partial charge in [-0.05, 0) is 68.1 Å². The lowest BCUT2D eigenvalue weighted by Crippen LogP contribution is -2.55. The molecule has 2 aromatic carbocycles. The second-order valence-electron chi connectivity index (χ2n) is 8.74. The minimum atomic E-state index is -4.11. The number of sulfonamides is 1. The quantitative estimate of drug-likeness (QED) is 0.658. The molecule has 2 fully saturated rings. The molecule has 2 aromatic rings. The maximum Gasteiger partial charge on any atom is 0.267 e. The molecule has 1 atom stereocenters. The van der Waals surface area contributed by atoms with E-state index in [1.54, 1.807) is 17.0 Å². The van der Waals surface area contributed by atoms with Crippen LogP contribution >= 0.6 is 11.6 Å². The van der Waals surface area contributed by atoms with E-state index in [1.165, 1.54) is 6.07 Å². The first-order valence-corrected chi connectivity index (χ1v) is 12.9. The minimum absolute atomic E-state index is 0.0416. The first-order chi connectivity index (χ1) is 15.6. The van der Waals surface area contributed by atoms with Gasteiger partial charge in [0.15, 0.2) is 0 Å². The molecule has 33 heavy (non-hydrogen) atoms. The Balaban J connectivity index is 1.51. The molecule has 0 aromatic heterocycles. The van der Waals surface area contributed by atoms with E-state index < -0.39 is 22.0 Å². The number of halogens is 1. The predicted molar refractivity (Wildman–Crippen MR) is 128 cm³/mol. The van der Waals surface area contributed by atoms with Gasteiger partial charge in [0.05, 0.1) is 4.90 Å². The molecule has 0 aliphatic carbocycles. The zero-order valence-corrected chi connectivity index (χ0v) is 20.6. The molecule has 0 bridgehead atoms. The fraction of sp³-hybridized carbons (Fsp3) is 0.417. The van der Waals surface area contributed by atoms with E-state index in [1.807, 2.05) is 39.0 Å². The van der Waals surface area contributed by atoms with E-state index in [-0.39, 0.29) is 23.6 Å². The van der Waals surface area contributed by atoms with Gasteiger partial charge in [-0.2, -0.15) is 0 Å². The Labute approximate surface area is 200 Å². The second-order valence-corrected chi connectivity index (χ2v) is 11.0. The van der Waals surface area contributed by atoms with Crippen molar-refractivity contribution >= 4 is 39.1 Å². The van der Waals surface area contributed by atoms with E-state index >= 15 is 0 Å². The number of hydrogen-bond acceptors (Lipinski definition) is 5. The summed E-state index contributed by atoms with van der Waals surface area (Å²) in [6.45, 7) is 7.85. The number of amides is 2. The normalized spacial score (nSPS) is 19.3. The number of nitrogens with zero attached hydrogens (tertiary/aromatic N) is 3. The van der Waals surface area contributed by atoms with E-state index in [4.69, 9.17) is 11.6 Å². The van der Waals surface area contributed by atoms with Crippen LogP contribution in [0.3, 0.4) is 0 Å². The highest BCUT2D eigenvalue weighted by atomic mass is 35.5. The van der Waals surface area contributed by atoms with Gasteiger partial charge in [-0.1, -0.05) is 23.7 Å². The number of piperazine rings is 1. The van der Waals surface area contributed by atoms with Gasteiger partial charge in [-0.25, -0.2) is 12.7 Å².